The summed E-state index contributed by atoms with van der Waals surface area (Å²) in [6.07, 6.45) is 0.607. The van der Waals surface area contributed by atoms with Crippen molar-refractivity contribution in [1.29, 1.82) is 0 Å². The molecular formula is C26H27ClN4O6. The smallest absolute Gasteiger partial charge is 0.250 e. The molecule has 194 valence electrons. The first kappa shape index (κ1) is 25.0. The minimum Gasteiger partial charge on any atom is -0.493 e. The van der Waals surface area contributed by atoms with Crippen molar-refractivity contribution in [3.63, 3.8) is 0 Å². The number of halogens is 1. The van der Waals surface area contributed by atoms with Crippen molar-refractivity contribution >= 4 is 40.9 Å². The van der Waals surface area contributed by atoms with Gasteiger partial charge in [-0.2, -0.15) is 0 Å². The van der Waals surface area contributed by atoms with E-state index in [1.807, 2.05) is 6.07 Å². The number of para-hydroxylation sites is 1. The molecule has 0 unspecified atom stereocenters. The molecule has 2 aromatic carbocycles. The molecule has 3 aliphatic heterocycles. The highest BCUT2D eigenvalue weighted by Crippen LogP contribution is 2.54. The predicted octanol–water partition coefficient (Wildman–Crippen LogP) is 1.59. The van der Waals surface area contributed by atoms with Gasteiger partial charge in [0.15, 0.2) is 11.5 Å². The molecular weight excluding hydrogens is 500 g/mol. The number of fused-ring (bicyclic) bond motifs is 4. The van der Waals surface area contributed by atoms with E-state index in [1.54, 1.807) is 37.4 Å². The van der Waals surface area contributed by atoms with Crippen LogP contribution in [0, 0.1) is 11.8 Å². The first-order valence-corrected chi connectivity index (χ1v) is 12.3. The number of anilines is 1. The maximum atomic E-state index is 13.8. The fourth-order valence-corrected chi connectivity index (χ4v) is 6.12. The first-order chi connectivity index (χ1) is 17.7. The Kier molecular flexibility index (Phi) is 6.33. The lowest BCUT2D eigenvalue weighted by atomic mass is 9.76. The number of amides is 4. The summed E-state index contributed by atoms with van der Waals surface area (Å²) < 4.78 is 10.6. The molecule has 2 fully saturated rings. The fraction of sp³-hybridized carbons (Fsp3) is 0.385. The third kappa shape index (κ3) is 3.82. The molecule has 10 nitrogen and oxygen atoms in total. The summed E-state index contributed by atoms with van der Waals surface area (Å²) in [5.41, 5.74) is 5.69. The molecule has 5 rings (SSSR count). The van der Waals surface area contributed by atoms with E-state index in [4.69, 9.17) is 26.8 Å². The van der Waals surface area contributed by atoms with E-state index in [0.717, 1.165) is 5.56 Å². The number of likely N-dealkylation sites (tertiary alicyclic amines) is 1. The SMILES string of the molecule is COc1ccc(CCN2C(=O)[C@H]3[C@H](CCC(N)=O)N[C@]4(C(=O)Nc5c(Cl)cccc54)[C@@H]3C2=O)cc1OC. The van der Waals surface area contributed by atoms with Gasteiger partial charge in [-0.05, 0) is 36.6 Å². The molecule has 2 saturated heterocycles. The van der Waals surface area contributed by atoms with E-state index >= 15 is 0 Å². The number of primary amides is 1. The van der Waals surface area contributed by atoms with Crippen LogP contribution in [0.5, 0.6) is 11.5 Å². The Morgan fingerprint density at radius 2 is 1.86 bits per heavy atom. The maximum Gasteiger partial charge on any atom is 0.250 e. The zero-order chi connectivity index (χ0) is 26.5. The minimum atomic E-state index is -1.47. The van der Waals surface area contributed by atoms with Crippen LogP contribution in [0.3, 0.4) is 0 Å². The topological polar surface area (TPSA) is 140 Å². The molecule has 2 aromatic rings. The van der Waals surface area contributed by atoms with Gasteiger partial charge >= 0.3 is 0 Å². The van der Waals surface area contributed by atoms with E-state index in [1.165, 1.54) is 12.0 Å². The summed E-state index contributed by atoms with van der Waals surface area (Å²) >= 11 is 6.35. The molecule has 4 amide bonds. The molecule has 3 aliphatic rings. The van der Waals surface area contributed by atoms with Crippen LogP contribution < -0.4 is 25.8 Å². The standard InChI is InChI=1S/C26H27ClN4O6/c1-36-17-8-6-13(12-18(17)37-2)10-11-31-23(33)20-16(7-9-19(28)32)30-26(21(20)24(31)34)14-4-3-5-15(27)22(14)29-25(26)35/h3-6,8,12,16,20-21,30H,7,9-11H2,1-2H3,(H2,28,32)(H,29,35)/t16-,20-,21-,26-/m0/s1. The summed E-state index contributed by atoms with van der Waals surface area (Å²) in [6.45, 7) is 0.128. The largest absolute Gasteiger partial charge is 0.493 e. The number of ether oxygens (including phenoxy) is 2. The zero-order valence-electron chi connectivity index (χ0n) is 20.4. The van der Waals surface area contributed by atoms with Crippen molar-refractivity contribution in [1.82, 2.24) is 10.2 Å². The van der Waals surface area contributed by atoms with Crippen LogP contribution >= 0.6 is 11.6 Å². The van der Waals surface area contributed by atoms with Gasteiger partial charge in [-0.1, -0.05) is 29.8 Å². The van der Waals surface area contributed by atoms with Gasteiger partial charge in [0.1, 0.15) is 5.54 Å². The summed E-state index contributed by atoms with van der Waals surface area (Å²) in [5.74, 6) is -2.48. The average Bonchev–Trinajstić information content (AvgIpc) is 3.46. The summed E-state index contributed by atoms with van der Waals surface area (Å²) in [6, 6.07) is 9.87. The normalized spacial score (nSPS) is 25.9. The molecule has 4 atom stereocenters. The van der Waals surface area contributed by atoms with E-state index in [0.29, 0.717) is 34.2 Å². The number of nitrogens with two attached hydrogens (primary N) is 1. The third-order valence-electron chi connectivity index (χ3n) is 7.56. The van der Waals surface area contributed by atoms with Gasteiger partial charge in [0.05, 0.1) is 36.8 Å². The second kappa shape index (κ2) is 9.35. The average molecular weight is 527 g/mol. The molecule has 0 aliphatic carbocycles. The maximum absolute atomic E-state index is 13.8. The van der Waals surface area contributed by atoms with Crippen molar-refractivity contribution in [2.45, 2.75) is 30.8 Å². The van der Waals surface area contributed by atoms with Crippen LogP contribution in [-0.4, -0.2) is 55.3 Å². The van der Waals surface area contributed by atoms with E-state index < -0.39 is 41.1 Å². The highest BCUT2D eigenvalue weighted by molar-refractivity contribution is 6.35. The second-order valence-corrected chi connectivity index (χ2v) is 9.86. The Bertz CT molecular complexity index is 1320. The highest BCUT2D eigenvalue weighted by atomic mass is 35.5. The number of carbonyl (C=O) groups excluding carboxylic acids is 4. The summed E-state index contributed by atoms with van der Waals surface area (Å²) in [5, 5.41) is 6.39. The van der Waals surface area contributed by atoms with Crippen LogP contribution in [0.25, 0.3) is 0 Å². The number of rotatable bonds is 8. The van der Waals surface area contributed by atoms with Crippen LogP contribution in [0.4, 0.5) is 5.69 Å². The molecule has 37 heavy (non-hydrogen) atoms. The van der Waals surface area contributed by atoms with Gasteiger partial charge in [-0.25, -0.2) is 0 Å². The van der Waals surface area contributed by atoms with Crippen molar-refractivity contribution in [3.8, 4) is 11.5 Å². The fourth-order valence-electron chi connectivity index (χ4n) is 5.90. The Morgan fingerprint density at radius 3 is 2.57 bits per heavy atom. The number of carbonyl (C=O) groups is 4. The van der Waals surface area contributed by atoms with Gasteiger partial charge in [0, 0.05) is 24.6 Å². The lowest BCUT2D eigenvalue weighted by molar-refractivity contribution is -0.142. The number of hydrogen-bond acceptors (Lipinski definition) is 7. The molecule has 11 heteroatoms. The van der Waals surface area contributed by atoms with Gasteiger partial charge in [-0.15, -0.1) is 0 Å². The van der Waals surface area contributed by atoms with Crippen LogP contribution in [0.15, 0.2) is 36.4 Å². The molecule has 3 heterocycles. The minimum absolute atomic E-state index is 0.00804. The molecule has 1 spiro atoms. The van der Waals surface area contributed by atoms with Crippen LogP contribution in [0.1, 0.15) is 24.0 Å². The van der Waals surface area contributed by atoms with E-state index in [-0.39, 0.29) is 25.3 Å². The van der Waals surface area contributed by atoms with Gasteiger partial charge in [0.2, 0.25) is 23.6 Å². The lowest BCUT2D eigenvalue weighted by Gasteiger charge is -2.29. The van der Waals surface area contributed by atoms with Gasteiger partial charge in [0.25, 0.3) is 0 Å². The highest BCUT2D eigenvalue weighted by Gasteiger charge is 2.70. The van der Waals surface area contributed by atoms with Crippen molar-refractivity contribution < 1.29 is 28.7 Å². The van der Waals surface area contributed by atoms with E-state index in [9.17, 15) is 19.2 Å². The van der Waals surface area contributed by atoms with Crippen molar-refractivity contribution in [2.75, 3.05) is 26.1 Å². The van der Waals surface area contributed by atoms with Crippen molar-refractivity contribution in [2.24, 2.45) is 17.6 Å². The number of methoxy groups -OCH3 is 2. The monoisotopic (exact) mass is 526 g/mol. The quantitative estimate of drug-likeness (QED) is 0.444. The molecule has 0 bridgehead atoms. The predicted molar refractivity (Wildman–Crippen MR) is 134 cm³/mol. The second-order valence-electron chi connectivity index (χ2n) is 9.45. The first-order valence-electron chi connectivity index (χ1n) is 12.0. The molecule has 0 aromatic heterocycles. The Hall–Kier alpha value is -3.63. The molecule has 0 radical (unpaired) electrons. The Labute approximate surface area is 218 Å². The summed E-state index contributed by atoms with van der Waals surface area (Å²) in [7, 11) is 3.08. The van der Waals surface area contributed by atoms with Gasteiger partial charge in [-0.3, -0.25) is 29.4 Å². The number of nitrogens with zero attached hydrogens (tertiary/aromatic N) is 1. The number of imide groups is 1. The van der Waals surface area contributed by atoms with Crippen molar-refractivity contribution in [3.05, 3.63) is 52.5 Å². The zero-order valence-corrected chi connectivity index (χ0v) is 21.1. The molecule has 0 saturated carbocycles. The van der Waals surface area contributed by atoms with E-state index in [2.05, 4.69) is 10.6 Å². The van der Waals surface area contributed by atoms with Gasteiger partial charge < -0.3 is 20.5 Å². The van der Waals surface area contributed by atoms with Crippen LogP contribution in [0.2, 0.25) is 5.02 Å². The third-order valence-corrected chi connectivity index (χ3v) is 7.88. The Balaban J connectivity index is 1.48. The number of hydrogen-bond donors (Lipinski definition) is 3. The van der Waals surface area contributed by atoms with Crippen LogP contribution in [-0.2, 0) is 31.1 Å². The summed E-state index contributed by atoms with van der Waals surface area (Å²) in [4.78, 5) is 53.8. The number of benzene rings is 2. The molecule has 4 N–H and O–H groups in total. The number of nitrogens with one attached hydrogen (secondary N) is 2. The lowest BCUT2D eigenvalue weighted by Crippen LogP contribution is -2.53. The Morgan fingerprint density at radius 1 is 1.11 bits per heavy atom.